The molecular formula is C17H17N5O3. The molecule has 2 aromatic heterocycles. The van der Waals surface area contributed by atoms with Gasteiger partial charge in [-0.05, 0) is 44.0 Å². The first-order valence-electron chi connectivity index (χ1n) is 8.07. The third-order valence-electron chi connectivity index (χ3n) is 4.08. The molecule has 2 N–H and O–H groups in total. The Morgan fingerprint density at radius 3 is 2.76 bits per heavy atom. The van der Waals surface area contributed by atoms with Crippen molar-refractivity contribution in [3.63, 3.8) is 0 Å². The molecule has 0 spiro atoms. The number of nitrogens with zero attached hydrogens (tertiary/aromatic N) is 3. The van der Waals surface area contributed by atoms with Gasteiger partial charge in [0.15, 0.2) is 0 Å². The highest BCUT2D eigenvalue weighted by Crippen LogP contribution is 2.26. The van der Waals surface area contributed by atoms with Crippen molar-refractivity contribution in [2.24, 2.45) is 0 Å². The van der Waals surface area contributed by atoms with E-state index in [4.69, 9.17) is 9.26 Å². The fraction of sp³-hybridized carbons (Fsp3) is 0.294. The second-order valence-corrected chi connectivity index (χ2v) is 5.86. The Labute approximate surface area is 143 Å². The van der Waals surface area contributed by atoms with Crippen LogP contribution in [0.5, 0.6) is 0 Å². The van der Waals surface area contributed by atoms with Crippen molar-refractivity contribution < 1.29 is 14.1 Å². The van der Waals surface area contributed by atoms with Crippen LogP contribution in [0.1, 0.15) is 18.5 Å². The summed E-state index contributed by atoms with van der Waals surface area (Å²) in [7, 11) is 0. The molecule has 1 fully saturated rings. The number of carbonyl (C=O) groups excluding carboxylic acids is 1. The van der Waals surface area contributed by atoms with Crippen molar-refractivity contribution in [2.75, 3.05) is 17.2 Å². The summed E-state index contributed by atoms with van der Waals surface area (Å²) in [6.07, 6.45) is 2.78. The molecular weight excluding hydrogens is 322 g/mol. The Hall–Kier alpha value is -3.00. The molecule has 1 aliphatic rings. The molecule has 8 heteroatoms. The van der Waals surface area contributed by atoms with Crippen LogP contribution in [0.25, 0.3) is 11.1 Å². The number of carbonyl (C=O) groups is 1. The second-order valence-electron chi connectivity index (χ2n) is 5.86. The first kappa shape index (κ1) is 15.5. The normalized spacial score (nSPS) is 16.9. The number of anilines is 3. The molecule has 8 nitrogen and oxygen atoms in total. The molecule has 1 saturated heterocycles. The Bertz CT molecular complexity index is 900. The Balaban J connectivity index is 1.48. The monoisotopic (exact) mass is 339 g/mol. The predicted molar refractivity (Wildman–Crippen MR) is 91.7 cm³/mol. The molecule has 25 heavy (non-hydrogen) atoms. The number of aryl methyl sites for hydroxylation is 1. The van der Waals surface area contributed by atoms with E-state index in [1.807, 2.05) is 31.2 Å². The van der Waals surface area contributed by atoms with Gasteiger partial charge < -0.3 is 19.9 Å². The van der Waals surface area contributed by atoms with Crippen LogP contribution in [0.15, 0.2) is 35.1 Å². The summed E-state index contributed by atoms with van der Waals surface area (Å²) < 4.78 is 10.5. The maximum absolute atomic E-state index is 12.1. The van der Waals surface area contributed by atoms with E-state index in [9.17, 15) is 4.79 Å². The predicted octanol–water partition coefficient (Wildman–Crippen LogP) is 2.79. The number of fused-ring (bicyclic) bond motifs is 1. The summed E-state index contributed by atoms with van der Waals surface area (Å²) in [4.78, 5) is 20.4. The van der Waals surface area contributed by atoms with Gasteiger partial charge >= 0.3 is 0 Å². The topological polar surface area (TPSA) is 102 Å². The molecule has 1 aliphatic heterocycles. The van der Waals surface area contributed by atoms with E-state index in [0.29, 0.717) is 18.1 Å². The third kappa shape index (κ3) is 3.16. The summed E-state index contributed by atoms with van der Waals surface area (Å²) in [6.45, 7) is 2.49. The lowest BCUT2D eigenvalue weighted by atomic mass is 10.2. The van der Waals surface area contributed by atoms with Gasteiger partial charge in [-0.2, -0.15) is 4.98 Å². The quantitative estimate of drug-likeness (QED) is 0.753. The number of aromatic nitrogens is 3. The zero-order valence-electron chi connectivity index (χ0n) is 13.7. The van der Waals surface area contributed by atoms with Crippen molar-refractivity contribution in [3.8, 4) is 0 Å². The van der Waals surface area contributed by atoms with Crippen molar-refractivity contribution in [3.05, 3.63) is 36.3 Å². The minimum atomic E-state index is -0.344. The molecule has 128 valence electrons. The largest absolute Gasteiger partial charge is 0.368 e. The SMILES string of the molecule is Cc1noc2ncnc(Nc3ccc(NC(=O)[C@H]4CCCO4)cc3)c12. The van der Waals surface area contributed by atoms with Crippen molar-refractivity contribution in [1.82, 2.24) is 15.1 Å². The Morgan fingerprint density at radius 2 is 2.00 bits per heavy atom. The first-order valence-corrected chi connectivity index (χ1v) is 8.07. The number of rotatable bonds is 4. The lowest BCUT2D eigenvalue weighted by Crippen LogP contribution is -2.26. The molecule has 1 amide bonds. The van der Waals surface area contributed by atoms with Gasteiger partial charge in [0.25, 0.3) is 11.6 Å². The van der Waals surface area contributed by atoms with E-state index in [0.717, 1.165) is 35.3 Å². The fourth-order valence-electron chi connectivity index (χ4n) is 2.80. The molecule has 1 atom stereocenters. The van der Waals surface area contributed by atoms with Crippen molar-refractivity contribution in [2.45, 2.75) is 25.9 Å². The highest BCUT2D eigenvalue weighted by atomic mass is 16.5. The van der Waals surface area contributed by atoms with Gasteiger partial charge in [-0.25, -0.2) is 4.98 Å². The lowest BCUT2D eigenvalue weighted by Gasteiger charge is -2.11. The van der Waals surface area contributed by atoms with E-state index >= 15 is 0 Å². The molecule has 1 aromatic carbocycles. The minimum Gasteiger partial charge on any atom is -0.368 e. The molecule has 0 aliphatic carbocycles. The average Bonchev–Trinajstić information content (AvgIpc) is 3.28. The summed E-state index contributed by atoms with van der Waals surface area (Å²) >= 11 is 0. The molecule has 0 radical (unpaired) electrons. The maximum Gasteiger partial charge on any atom is 0.263 e. The molecule has 0 unspecified atom stereocenters. The van der Waals surface area contributed by atoms with E-state index in [-0.39, 0.29) is 12.0 Å². The number of benzene rings is 1. The number of hydrogen-bond acceptors (Lipinski definition) is 7. The average molecular weight is 339 g/mol. The number of ether oxygens (including phenoxy) is 1. The van der Waals surface area contributed by atoms with Gasteiger partial charge in [-0.1, -0.05) is 5.16 Å². The molecule has 3 aromatic rings. The van der Waals surface area contributed by atoms with Crippen LogP contribution < -0.4 is 10.6 Å². The van der Waals surface area contributed by atoms with Gasteiger partial charge in [0, 0.05) is 18.0 Å². The van der Waals surface area contributed by atoms with Crippen LogP contribution in [0.4, 0.5) is 17.2 Å². The molecule has 0 saturated carbocycles. The zero-order chi connectivity index (χ0) is 17.2. The summed E-state index contributed by atoms with van der Waals surface area (Å²) in [5.74, 6) is 0.524. The number of hydrogen-bond donors (Lipinski definition) is 2. The Kier molecular flexibility index (Phi) is 4.02. The van der Waals surface area contributed by atoms with Gasteiger partial charge in [-0.3, -0.25) is 4.79 Å². The maximum atomic E-state index is 12.1. The van der Waals surface area contributed by atoms with Crippen LogP contribution in [0.2, 0.25) is 0 Å². The number of nitrogens with one attached hydrogen (secondary N) is 2. The highest BCUT2D eigenvalue weighted by molar-refractivity contribution is 5.94. The standard InChI is InChI=1S/C17H17N5O3/c1-10-14-15(18-9-19-17(14)25-22-10)20-11-4-6-12(7-5-11)21-16(23)13-3-2-8-24-13/h4-7,9,13H,2-3,8H2,1H3,(H,21,23)(H,18,19,20)/t13-/m1/s1. The van der Waals surface area contributed by atoms with Crippen LogP contribution >= 0.6 is 0 Å². The summed E-state index contributed by atoms with van der Waals surface area (Å²) in [6, 6.07) is 7.38. The van der Waals surface area contributed by atoms with E-state index in [1.54, 1.807) is 0 Å². The van der Waals surface area contributed by atoms with Crippen LogP contribution in [0, 0.1) is 6.92 Å². The number of amides is 1. The van der Waals surface area contributed by atoms with E-state index in [2.05, 4.69) is 25.8 Å². The highest BCUT2D eigenvalue weighted by Gasteiger charge is 2.23. The van der Waals surface area contributed by atoms with Crippen LogP contribution in [-0.4, -0.2) is 33.7 Å². The van der Waals surface area contributed by atoms with Crippen molar-refractivity contribution in [1.29, 1.82) is 0 Å². The smallest absolute Gasteiger partial charge is 0.263 e. The first-order chi connectivity index (χ1) is 12.2. The van der Waals surface area contributed by atoms with Crippen LogP contribution in [0.3, 0.4) is 0 Å². The lowest BCUT2D eigenvalue weighted by molar-refractivity contribution is -0.124. The van der Waals surface area contributed by atoms with Crippen LogP contribution in [-0.2, 0) is 9.53 Å². The third-order valence-corrected chi connectivity index (χ3v) is 4.08. The molecule has 0 bridgehead atoms. The van der Waals surface area contributed by atoms with Crippen molar-refractivity contribution >= 4 is 34.2 Å². The Morgan fingerprint density at radius 1 is 1.20 bits per heavy atom. The summed E-state index contributed by atoms with van der Waals surface area (Å²) in [5.41, 5.74) is 2.71. The van der Waals surface area contributed by atoms with E-state index in [1.165, 1.54) is 6.33 Å². The second kappa shape index (κ2) is 6.48. The van der Waals surface area contributed by atoms with Gasteiger partial charge in [-0.15, -0.1) is 0 Å². The van der Waals surface area contributed by atoms with Gasteiger partial charge in [0.2, 0.25) is 0 Å². The summed E-state index contributed by atoms with van der Waals surface area (Å²) in [5, 5.41) is 10.7. The molecule has 3 heterocycles. The van der Waals surface area contributed by atoms with Gasteiger partial charge in [0.1, 0.15) is 23.6 Å². The molecule has 4 rings (SSSR count). The minimum absolute atomic E-state index is 0.101. The fourth-order valence-corrected chi connectivity index (χ4v) is 2.80. The van der Waals surface area contributed by atoms with E-state index < -0.39 is 0 Å². The van der Waals surface area contributed by atoms with Gasteiger partial charge in [0.05, 0.1) is 5.69 Å². The zero-order valence-corrected chi connectivity index (χ0v) is 13.7.